The Bertz CT molecular complexity index is 705. The molecule has 3 heterocycles. The summed E-state index contributed by atoms with van der Waals surface area (Å²) >= 11 is 2.81. The molecule has 0 saturated carbocycles. The summed E-state index contributed by atoms with van der Waals surface area (Å²) in [7, 11) is 0. The van der Waals surface area contributed by atoms with Crippen LogP contribution >= 0.6 is 23.5 Å². The molecule has 8 nitrogen and oxygen atoms in total. The molecule has 1 aromatic rings. The molecule has 3 N–H and O–H groups in total. The number of aromatic nitrogens is 3. The third-order valence-electron chi connectivity index (χ3n) is 4.01. The van der Waals surface area contributed by atoms with Crippen LogP contribution < -0.4 is 0 Å². The van der Waals surface area contributed by atoms with Crippen LogP contribution in [0.3, 0.4) is 0 Å². The van der Waals surface area contributed by atoms with E-state index >= 15 is 0 Å². The van der Waals surface area contributed by atoms with Gasteiger partial charge in [0.1, 0.15) is 11.1 Å². The standard InChI is InChI=1S/C14H18N4O4S2/c1-3-7(24-14-15-8(4-2)16-17-14)6-5-23-12-10(19)11(20)18(12)9(6)13(21)22/h7,10,12,19H,3-5H2,1-2H3,(H,21,22)(H,15,16,17)/t7?,10-,12+/m1/s1. The Kier molecular flexibility index (Phi) is 4.88. The van der Waals surface area contributed by atoms with Crippen LogP contribution in [0.4, 0.5) is 0 Å². The number of aromatic amines is 1. The first-order chi connectivity index (χ1) is 11.5. The van der Waals surface area contributed by atoms with Crippen molar-refractivity contribution in [1.29, 1.82) is 0 Å². The molecule has 1 fully saturated rings. The predicted molar refractivity (Wildman–Crippen MR) is 89.5 cm³/mol. The molecule has 0 radical (unpaired) electrons. The van der Waals surface area contributed by atoms with Crippen molar-refractivity contribution in [3.05, 3.63) is 17.1 Å². The number of carboxylic acids is 1. The van der Waals surface area contributed by atoms with Crippen molar-refractivity contribution in [2.45, 2.75) is 48.6 Å². The fourth-order valence-electron chi connectivity index (χ4n) is 2.76. The van der Waals surface area contributed by atoms with Gasteiger partial charge in [-0.15, -0.1) is 11.8 Å². The Morgan fingerprint density at radius 2 is 2.29 bits per heavy atom. The third-order valence-corrected chi connectivity index (χ3v) is 6.61. The van der Waals surface area contributed by atoms with E-state index in [1.54, 1.807) is 0 Å². The van der Waals surface area contributed by atoms with Gasteiger partial charge in [-0.05, 0) is 12.0 Å². The number of nitrogens with one attached hydrogen (secondary N) is 1. The molecule has 130 valence electrons. The van der Waals surface area contributed by atoms with Gasteiger partial charge in [-0.3, -0.25) is 14.8 Å². The number of hydrogen-bond donors (Lipinski definition) is 3. The van der Waals surface area contributed by atoms with E-state index in [4.69, 9.17) is 0 Å². The van der Waals surface area contributed by atoms with Gasteiger partial charge in [-0.25, -0.2) is 9.78 Å². The minimum Gasteiger partial charge on any atom is -0.477 e. The van der Waals surface area contributed by atoms with Crippen molar-refractivity contribution >= 4 is 35.4 Å². The number of fused-ring (bicyclic) bond motifs is 1. The number of aliphatic hydroxyl groups excluding tert-OH is 1. The van der Waals surface area contributed by atoms with Crippen molar-refractivity contribution in [1.82, 2.24) is 20.1 Å². The molecule has 24 heavy (non-hydrogen) atoms. The number of thioether (sulfide) groups is 2. The average Bonchev–Trinajstić information content (AvgIpc) is 3.05. The Morgan fingerprint density at radius 1 is 1.54 bits per heavy atom. The number of nitrogens with zero attached hydrogens (tertiary/aromatic N) is 3. The van der Waals surface area contributed by atoms with Crippen LogP contribution in [-0.2, 0) is 16.0 Å². The van der Waals surface area contributed by atoms with Gasteiger partial charge in [-0.1, -0.05) is 25.6 Å². The van der Waals surface area contributed by atoms with Gasteiger partial charge < -0.3 is 10.2 Å². The van der Waals surface area contributed by atoms with Gasteiger partial charge in [0.25, 0.3) is 5.91 Å². The zero-order chi connectivity index (χ0) is 17.4. The van der Waals surface area contributed by atoms with Crippen LogP contribution in [0, 0.1) is 0 Å². The molecule has 3 rings (SSSR count). The molecular weight excluding hydrogens is 352 g/mol. The van der Waals surface area contributed by atoms with Crippen LogP contribution in [0.1, 0.15) is 26.1 Å². The number of rotatable bonds is 6. The first-order valence-electron chi connectivity index (χ1n) is 7.64. The van der Waals surface area contributed by atoms with Crippen molar-refractivity contribution in [3.63, 3.8) is 0 Å². The molecule has 0 aromatic carbocycles. The molecule has 1 aromatic heterocycles. The summed E-state index contributed by atoms with van der Waals surface area (Å²) in [5.41, 5.74) is 0.689. The van der Waals surface area contributed by atoms with Crippen LogP contribution in [0.2, 0.25) is 0 Å². The summed E-state index contributed by atoms with van der Waals surface area (Å²) in [6.07, 6.45) is 0.295. The molecule has 1 amide bonds. The first kappa shape index (κ1) is 17.3. The topological polar surface area (TPSA) is 119 Å². The Morgan fingerprint density at radius 3 is 2.88 bits per heavy atom. The van der Waals surface area contributed by atoms with Gasteiger partial charge >= 0.3 is 5.97 Å². The summed E-state index contributed by atoms with van der Waals surface area (Å²) in [5.74, 6) is -0.511. The Labute approximate surface area is 147 Å². The summed E-state index contributed by atoms with van der Waals surface area (Å²) in [6, 6.07) is 0. The normalized spacial score (nSPS) is 24.6. The fraction of sp³-hybridized carbons (Fsp3) is 0.571. The number of carbonyl (C=O) groups excluding carboxylic acids is 1. The maximum absolute atomic E-state index is 11.9. The van der Waals surface area contributed by atoms with E-state index < -0.39 is 23.4 Å². The van der Waals surface area contributed by atoms with Crippen molar-refractivity contribution in [3.8, 4) is 0 Å². The van der Waals surface area contributed by atoms with Gasteiger partial charge in [0.2, 0.25) is 0 Å². The van der Waals surface area contributed by atoms with E-state index in [-0.39, 0.29) is 10.9 Å². The summed E-state index contributed by atoms with van der Waals surface area (Å²) < 4.78 is 0. The van der Waals surface area contributed by atoms with Gasteiger partial charge in [0.05, 0.1) is 0 Å². The highest BCUT2D eigenvalue weighted by Crippen LogP contribution is 2.44. The number of hydrogen-bond acceptors (Lipinski definition) is 7. The largest absolute Gasteiger partial charge is 0.477 e. The van der Waals surface area contributed by atoms with E-state index in [9.17, 15) is 19.8 Å². The maximum Gasteiger partial charge on any atom is 0.352 e. The molecular formula is C14H18N4O4S2. The minimum atomic E-state index is -1.14. The Balaban J connectivity index is 1.90. The number of carbonyl (C=O) groups is 2. The fourth-order valence-corrected chi connectivity index (χ4v) is 5.24. The number of H-pyrrole nitrogens is 1. The zero-order valence-corrected chi connectivity index (χ0v) is 14.9. The Hall–Kier alpha value is -1.52. The molecule has 0 aliphatic carbocycles. The summed E-state index contributed by atoms with van der Waals surface area (Å²) in [5, 5.41) is 26.3. The summed E-state index contributed by atoms with van der Waals surface area (Å²) in [6.45, 7) is 3.92. The van der Waals surface area contributed by atoms with Gasteiger partial charge in [0, 0.05) is 17.4 Å². The van der Waals surface area contributed by atoms with Gasteiger partial charge in [0.15, 0.2) is 17.1 Å². The number of aliphatic carboxylic acids is 1. The molecule has 10 heteroatoms. The minimum absolute atomic E-state index is 0.00336. The first-order valence-corrected chi connectivity index (χ1v) is 9.57. The summed E-state index contributed by atoms with van der Waals surface area (Å²) in [4.78, 5) is 29.2. The van der Waals surface area contributed by atoms with E-state index in [0.717, 1.165) is 0 Å². The smallest absolute Gasteiger partial charge is 0.352 e. The highest BCUT2D eigenvalue weighted by Gasteiger charge is 2.53. The molecule has 2 aliphatic rings. The second-order valence-corrected chi connectivity index (χ2v) is 7.76. The molecule has 2 aliphatic heterocycles. The molecule has 0 spiro atoms. The van der Waals surface area contributed by atoms with Gasteiger partial charge in [-0.2, -0.15) is 5.10 Å². The number of aryl methyl sites for hydroxylation is 1. The number of aliphatic hydroxyl groups is 1. The zero-order valence-electron chi connectivity index (χ0n) is 13.2. The van der Waals surface area contributed by atoms with E-state index in [2.05, 4.69) is 15.2 Å². The van der Waals surface area contributed by atoms with E-state index in [1.165, 1.54) is 28.4 Å². The van der Waals surface area contributed by atoms with Crippen LogP contribution in [0.15, 0.2) is 16.4 Å². The maximum atomic E-state index is 11.9. The predicted octanol–water partition coefficient (Wildman–Crippen LogP) is 0.853. The second-order valence-electron chi connectivity index (χ2n) is 5.46. The average molecular weight is 370 g/mol. The molecule has 0 bridgehead atoms. The van der Waals surface area contributed by atoms with Crippen LogP contribution in [0.25, 0.3) is 0 Å². The van der Waals surface area contributed by atoms with Crippen molar-refractivity contribution in [2.24, 2.45) is 0 Å². The van der Waals surface area contributed by atoms with Crippen molar-refractivity contribution in [2.75, 3.05) is 5.75 Å². The third kappa shape index (κ3) is 2.82. The quantitative estimate of drug-likeness (QED) is 0.498. The number of carboxylic acid groups (broad SMARTS) is 1. The highest BCUT2D eigenvalue weighted by molar-refractivity contribution is 8.01. The lowest BCUT2D eigenvalue weighted by Gasteiger charge is -2.47. The van der Waals surface area contributed by atoms with E-state index in [1.807, 2.05) is 13.8 Å². The monoisotopic (exact) mass is 370 g/mol. The molecule has 1 unspecified atom stereocenters. The lowest BCUT2D eigenvalue weighted by atomic mass is 10.0. The lowest BCUT2D eigenvalue weighted by Crippen LogP contribution is -2.65. The van der Waals surface area contributed by atoms with Crippen molar-refractivity contribution < 1.29 is 19.8 Å². The number of amides is 1. The van der Waals surface area contributed by atoms with E-state index in [0.29, 0.717) is 35.1 Å². The highest BCUT2D eigenvalue weighted by atomic mass is 32.2. The SMILES string of the molecule is CCc1n[nH]c(SC(CC)C2=C(C(=O)O)N3C(=O)[C@@H](O)[C@@H]3SC2)n1. The lowest BCUT2D eigenvalue weighted by molar-refractivity contribution is -0.159. The molecule has 1 saturated heterocycles. The van der Waals surface area contributed by atoms with Crippen LogP contribution in [0.5, 0.6) is 0 Å². The number of β-lactam (4-membered cyclic amide) rings is 1. The molecule has 3 atom stereocenters. The second kappa shape index (κ2) is 6.77. The van der Waals surface area contributed by atoms with Crippen LogP contribution in [-0.4, -0.2) is 64.7 Å².